The minimum atomic E-state index is -1.13. The lowest BCUT2D eigenvalue weighted by atomic mass is 9.85. The molecule has 0 aliphatic heterocycles. The van der Waals surface area contributed by atoms with E-state index in [0.717, 1.165) is 0 Å². The summed E-state index contributed by atoms with van der Waals surface area (Å²) in [5.41, 5.74) is 5.37. The summed E-state index contributed by atoms with van der Waals surface area (Å²) in [5.74, 6) is -1.43. The Hall–Kier alpha value is -0.640. The fraction of sp³-hybridized carbons (Fsp3) is 0.857. The van der Waals surface area contributed by atoms with Gasteiger partial charge in [-0.2, -0.15) is 0 Å². The minimum absolute atomic E-state index is 0.0799. The van der Waals surface area contributed by atoms with E-state index in [1.165, 1.54) is 0 Å². The maximum atomic E-state index is 12.8. The maximum absolute atomic E-state index is 12.8. The SMILES string of the molecule is N[C@@H]1CC[C@@H](C(=O)O)C[C@@H]1F. The molecule has 3 N–H and O–H groups in total. The number of carboxylic acid groups (broad SMARTS) is 1. The molecule has 1 aliphatic carbocycles. The van der Waals surface area contributed by atoms with Gasteiger partial charge in [0.1, 0.15) is 6.17 Å². The molecule has 0 heterocycles. The van der Waals surface area contributed by atoms with Crippen molar-refractivity contribution in [1.82, 2.24) is 0 Å². The lowest BCUT2D eigenvalue weighted by Gasteiger charge is -2.26. The van der Waals surface area contributed by atoms with Gasteiger partial charge in [0.15, 0.2) is 0 Å². The first-order chi connectivity index (χ1) is 5.11. The zero-order valence-electron chi connectivity index (χ0n) is 6.16. The third kappa shape index (κ3) is 1.89. The number of halogens is 1. The molecule has 3 atom stereocenters. The van der Waals surface area contributed by atoms with Crippen LogP contribution in [0, 0.1) is 5.92 Å². The van der Waals surface area contributed by atoms with Crippen molar-refractivity contribution in [2.75, 3.05) is 0 Å². The minimum Gasteiger partial charge on any atom is -0.481 e. The quantitative estimate of drug-likeness (QED) is 0.589. The molecular formula is C7H12FNO2. The molecule has 1 rings (SSSR count). The van der Waals surface area contributed by atoms with Gasteiger partial charge >= 0.3 is 5.97 Å². The first kappa shape index (κ1) is 8.46. The highest BCUT2D eigenvalue weighted by Gasteiger charge is 2.31. The van der Waals surface area contributed by atoms with Crippen LogP contribution in [0.15, 0.2) is 0 Å². The third-order valence-corrected chi connectivity index (χ3v) is 2.17. The van der Waals surface area contributed by atoms with E-state index in [1.54, 1.807) is 0 Å². The van der Waals surface area contributed by atoms with Crippen LogP contribution in [0.25, 0.3) is 0 Å². The standard InChI is InChI=1S/C7H12FNO2/c8-5-3-4(7(10)11)1-2-6(5)9/h4-6H,1-3,9H2,(H,10,11)/t4-,5+,6-/m1/s1. The molecule has 0 unspecified atom stereocenters. The van der Waals surface area contributed by atoms with Crippen molar-refractivity contribution in [2.24, 2.45) is 11.7 Å². The monoisotopic (exact) mass is 161 g/mol. The molecule has 4 heteroatoms. The van der Waals surface area contributed by atoms with Crippen LogP contribution < -0.4 is 5.73 Å². The second-order valence-electron chi connectivity index (χ2n) is 3.03. The summed E-state index contributed by atoms with van der Waals surface area (Å²) in [6.45, 7) is 0. The molecule has 64 valence electrons. The molecule has 0 radical (unpaired) electrons. The smallest absolute Gasteiger partial charge is 0.306 e. The van der Waals surface area contributed by atoms with Gasteiger partial charge in [-0.1, -0.05) is 0 Å². The molecule has 0 aromatic heterocycles. The van der Waals surface area contributed by atoms with Crippen molar-refractivity contribution < 1.29 is 14.3 Å². The first-order valence-corrected chi connectivity index (χ1v) is 3.73. The molecule has 0 spiro atoms. The first-order valence-electron chi connectivity index (χ1n) is 3.73. The topological polar surface area (TPSA) is 63.3 Å². The highest BCUT2D eigenvalue weighted by molar-refractivity contribution is 5.70. The summed E-state index contributed by atoms with van der Waals surface area (Å²) < 4.78 is 12.8. The van der Waals surface area contributed by atoms with Gasteiger partial charge in [0.25, 0.3) is 0 Å². The van der Waals surface area contributed by atoms with Crippen LogP contribution in [0.3, 0.4) is 0 Å². The van der Waals surface area contributed by atoms with Crippen molar-refractivity contribution in [3.63, 3.8) is 0 Å². The van der Waals surface area contributed by atoms with Crippen molar-refractivity contribution in [3.8, 4) is 0 Å². The molecule has 0 amide bonds. The van der Waals surface area contributed by atoms with Crippen LogP contribution in [0.1, 0.15) is 19.3 Å². The number of rotatable bonds is 1. The highest BCUT2D eigenvalue weighted by Crippen LogP contribution is 2.25. The van der Waals surface area contributed by atoms with Gasteiger partial charge in [-0.15, -0.1) is 0 Å². The molecule has 0 saturated heterocycles. The van der Waals surface area contributed by atoms with Crippen molar-refractivity contribution in [1.29, 1.82) is 0 Å². The van der Waals surface area contributed by atoms with E-state index in [0.29, 0.717) is 12.8 Å². The Morgan fingerprint density at radius 1 is 1.55 bits per heavy atom. The highest BCUT2D eigenvalue weighted by atomic mass is 19.1. The molecule has 0 aromatic rings. The summed E-state index contributed by atoms with van der Waals surface area (Å²) >= 11 is 0. The number of carboxylic acids is 1. The summed E-state index contributed by atoms with van der Waals surface area (Å²) in [4.78, 5) is 10.4. The molecule has 1 saturated carbocycles. The van der Waals surface area contributed by atoms with Crippen LogP contribution in [-0.2, 0) is 4.79 Å². The van der Waals surface area contributed by atoms with Gasteiger partial charge in [-0.05, 0) is 19.3 Å². The molecule has 11 heavy (non-hydrogen) atoms. The number of aliphatic carboxylic acids is 1. The van der Waals surface area contributed by atoms with Gasteiger partial charge in [-0.3, -0.25) is 4.79 Å². The molecular weight excluding hydrogens is 149 g/mol. The summed E-state index contributed by atoms with van der Waals surface area (Å²) in [6.07, 6.45) is -0.0594. The average Bonchev–Trinajstić information content (AvgIpc) is 1.94. The van der Waals surface area contributed by atoms with Crippen LogP contribution >= 0.6 is 0 Å². The van der Waals surface area contributed by atoms with Gasteiger partial charge in [0, 0.05) is 6.04 Å². The molecule has 3 nitrogen and oxygen atoms in total. The third-order valence-electron chi connectivity index (χ3n) is 2.17. The summed E-state index contributed by atoms with van der Waals surface area (Å²) in [7, 11) is 0. The normalized spacial score (nSPS) is 38.5. The fourth-order valence-electron chi connectivity index (χ4n) is 1.36. The van der Waals surface area contributed by atoms with Crippen LogP contribution in [0.4, 0.5) is 4.39 Å². The second-order valence-corrected chi connectivity index (χ2v) is 3.03. The van der Waals surface area contributed by atoms with Gasteiger partial charge in [0.2, 0.25) is 0 Å². The van der Waals surface area contributed by atoms with Crippen LogP contribution in [0.5, 0.6) is 0 Å². The van der Waals surface area contributed by atoms with E-state index in [-0.39, 0.29) is 6.42 Å². The number of nitrogens with two attached hydrogens (primary N) is 1. The fourth-order valence-corrected chi connectivity index (χ4v) is 1.36. The zero-order chi connectivity index (χ0) is 8.43. The molecule has 1 fully saturated rings. The van der Waals surface area contributed by atoms with Crippen molar-refractivity contribution in [2.45, 2.75) is 31.5 Å². The largest absolute Gasteiger partial charge is 0.481 e. The van der Waals surface area contributed by atoms with E-state index < -0.39 is 24.1 Å². The van der Waals surface area contributed by atoms with Crippen molar-refractivity contribution >= 4 is 5.97 Å². The lowest BCUT2D eigenvalue weighted by molar-refractivity contribution is -0.143. The Kier molecular flexibility index (Phi) is 2.44. The Morgan fingerprint density at radius 2 is 2.18 bits per heavy atom. The molecule has 1 aliphatic rings. The number of hydrogen-bond acceptors (Lipinski definition) is 2. The van der Waals surface area contributed by atoms with Crippen LogP contribution in [-0.4, -0.2) is 23.3 Å². The van der Waals surface area contributed by atoms with Crippen molar-refractivity contribution in [3.05, 3.63) is 0 Å². The predicted molar refractivity (Wildman–Crippen MR) is 37.8 cm³/mol. The van der Waals surface area contributed by atoms with Gasteiger partial charge < -0.3 is 10.8 Å². The van der Waals surface area contributed by atoms with Gasteiger partial charge in [-0.25, -0.2) is 4.39 Å². The number of carbonyl (C=O) groups is 1. The number of alkyl halides is 1. The summed E-state index contributed by atoms with van der Waals surface area (Å²) in [5, 5.41) is 8.53. The van der Waals surface area contributed by atoms with E-state index in [4.69, 9.17) is 10.8 Å². The number of hydrogen-bond donors (Lipinski definition) is 2. The van der Waals surface area contributed by atoms with Gasteiger partial charge in [0.05, 0.1) is 5.92 Å². The van der Waals surface area contributed by atoms with E-state index in [9.17, 15) is 9.18 Å². The second kappa shape index (κ2) is 3.17. The molecule has 0 bridgehead atoms. The van der Waals surface area contributed by atoms with Crippen LogP contribution in [0.2, 0.25) is 0 Å². The maximum Gasteiger partial charge on any atom is 0.306 e. The Bertz CT molecular complexity index is 163. The average molecular weight is 161 g/mol. The Morgan fingerprint density at radius 3 is 2.64 bits per heavy atom. The zero-order valence-corrected chi connectivity index (χ0v) is 6.16. The Balaban J connectivity index is 2.46. The summed E-state index contributed by atoms with van der Waals surface area (Å²) in [6, 6.07) is -0.453. The molecule has 0 aromatic carbocycles. The van der Waals surface area contributed by atoms with E-state index in [1.807, 2.05) is 0 Å². The van der Waals surface area contributed by atoms with E-state index in [2.05, 4.69) is 0 Å². The Labute approximate surface area is 64.4 Å². The predicted octanol–water partition coefficient (Wildman–Crippen LogP) is 0.536. The van der Waals surface area contributed by atoms with E-state index >= 15 is 0 Å². The lowest BCUT2D eigenvalue weighted by Crippen LogP contribution is -2.39.